The number of ether oxygens (including phenoxy) is 1. The van der Waals surface area contributed by atoms with Crippen LogP contribution in [-0.2, 0) is 12.1 Å². The lowest BCUT2D eigenvalue weighted by Crippen LogP contribution is -2.20. The van der Waals surface area contributed by atoms with E-state index in [1.165, 1.54) is 25.3 Å². The molecule has 1 aliphatic heterocycles. The van der Waals surface area contributed by atoms with Crippen LogP contribution in [0, 0.1) is 17.7 Å². The Bertz CT molecular complexity index is 1160. The van der Waals surface area contributed by atoms with Gasteiger partial charge < -0.3 is 20.1 Å². The fourth-order valence-electron chi connectivity index (χ4n) is 3.02. The highest BCUT2D eigenvalue weighted by Crippen LogP contribution is 2.34. The largest absolute Gasteiger partial charge is 0.491 e. The molecule has 1 atom stereocenters. The van der Waals surface area contributed by atoms with Crippen LogP contribution >= 0.6 is 0 Å². The first kappa shape index (κ1) is 18.7. The molecule has 0 saturated heterocycles. The van der Waals surface area contributed by atoms with Gasteiger partial charge in [0.15, 0.2) is 5.60 Å². The molecular formula is C21H17FN4O3. The van der Waals surface area contributed by atoms with Crippen molar-refractivity contribution in [2.75, 3.05) is 6.61 Å². The van der Waals surface area contributed by atoms with Crippen LogP contribution in [0.25, 0.3) is 11.4 Å². The number of fused-ring (bicyclic) bond motifs is 3. The van der Waals surface area contributed by atoms with Crippen molar-refractivity contribution in [1.29, 1.82) is 0 Å². The minimum absolute atomic E-state index is 0.0561. The van der Waals surface area contributed by atoms with Crippen LogP contribution in [0.5, 0.6) is 5.75 Å². The first-order valence-corrected chi connectivity index (χ1v) is 8.86. The number of halogens is 1. The highest BCUT2D eigenvalue weighted by Gasteiger charge is 2.23. The topological polar surface area (TPSA) is 103 Å². The summed E-state index contributed by atoms with van der Waals surface area (Å²) in [7, 11) is 0. The third-order valence-corrected chi connectivity index (χ3v) is 4.53. The van der Waals surface area contributed by atoms with E-state index in [0.717, 1.165) is 0 Å². The van der Waals surface area contributed by atoms with E-state index in [9.17, 15) is 14.3 Å². The second-order valence-electron chi connectivity index (χ2n) is 6.72. The number of pyridine rings is 1. The molecule has 3 heterocycles. The highest BCUT2D eigenvalue weighted by molar-refractivity contribution is 5.91. The van der Waals surface area contributed by atoms with E-state index < -0.39 is 17.3 Å². The molecule has 2 aromatic heterocycles. The summed E-state index contributed by atoms with van der Waals surface area (Å²) in [5.41, 5.74) is 4.78. The van der Waals surface area contributed by atoms with Gasteiger partial charge in [-0.3, -0.25) is 9.78 Å². The Balaban J connectivity index is 1.79. The zero-order valence-electron chi connectivity index (χ0n) is 15.5. The number of amides is 1. The Labute approximate surface area is 166 Å². The molecule has 0 aliphatic carbocycles. The van der Waals surface area contributed by atoms with Crippen molar-refractivity contribution in [1.82, 2.24) is 14.5 Å². The first-order chi connectivity index (χ1) is 13.8. The van der Waals surface area contributed by atoms with Crippen molar-refractivity contribution in [3.63, 3.8) is 0 Å². The quantitative estimate of drug-likeness (QED) is 0.648. The number of nitrogens with two attached hydrogens (primary N) is 1. The highest BCUT2D eigenvalue weighted by atomic mass is 19.1. The van der Waals surface area contributed by atoms with E-state index in [1.807, 2.05) is 0 Å². The lowest BCUT2D eigenvalue weighted by molar-refractivity contribution is 0.0995. The van der Waals surface area contributed by atoms with Gasteiger partial charge in [0.2, 0.25) is 0 Å². The normalized spacial score (nSPS) is 14.3. The van der Waals surface area contributed by atoms with E-state index in [4.69, 9.17) is 10.5 Å². The number of aromatic nitrogens is 3. The molecule has 1 aromatic carbocycles. The van der Waals surface area contributed by atoms with Gasteiger partial charge in [-0.1, -0.05) is 17.9 Å². The number of carbonyl (C=O) groups excluding carboxylic acids is 1. The molecule has 1 unspecified atom stereocenters. The smallest absolute Gasteiger partial charge is 0.268 e. The van der Waals surface area contributed by atoms with Gasteiger partial charge in [0.25, 0.3) is 5.91 Å². The SMILES string of the molecule is CC(O)(C#Cc1cc2c(cc1F)OCCn1cc(C(N)=O)nc1-2)c1ccccn1. The summed E-state index contributed by atoms with van der Waals surface area (Å²) in [5, 5.41) is 10.6. The molecule has 3 aromatic rings. The van der Waals surface area contributed by atoms with Gasteiger partial charge in [-0.25, -0.2) is 9.37 Å². The summed E-state index contributed by atoms with van der Waals surface area (Å²) in [6.45, 7) is 2.20. The Morgan fingerprint density at radius 3 is 2.97 bits per heavy atom. The number of rotatable bonds is 2. The number of primary amides is 1. The maximum absolute atomic E-state index is 14.6. The zero-order chi connectivity index (χ0) is 20.6. The van der Waals surface area contributed by atoms with Gasteiger partial charge >= 0.3 is 0 Å². The predicted octanol–water partition coefficient (Wildman–Crippen LogP) is 1.83. The molecule has 0 spiro atoms. The minimum Gasteiger partial charge on any atom is -0.491 e. The first-order valence-electron chi connectivity index (χ1n) is 8.86. The molecule has 1 aliphatic rings. The molecular weight excluding hydrogens is 375 g/mol. The summed E-state index contributed by atoms with van der Waals surface area (Å²) in [5.74, 6) is 4.83. The number of hydrogen-bond acceptors (Lipinski definition) is 5. The van der Waals surface area contributed by atoms with Crippen molar-refractivity contribution < 1.29 is 19.0 Å². The van der Waals surface area contributed by atoms with Crippen LogP contribution < -0.4 is 10.5 Å². The molecule has 146 valence electrons. The fourth-order valence-corrected chi connectivity index (χ4v) is 3.02. The Hall–Kier alpha value is -3.70. The van der Waals surface area contributed by atoms with Crippen LogP contribution in [0.2, 0.25) is 0 Å². The average Bonchev–Trinajstić information content (AvgIpc) is 3.05. The molecule has 0 radical (unpaired) electrons. The molecule has 4 rings (SSSR count). The second-order valence-corrected chi connectivity index (χ2v) is 6.72. The lowest BCUT2D eigenvalue weighted by Gasteiger charge is -2.15. The molecule has 3 N–H and O–H groups in total. The average molecular weight is 392 g/mol. The van der Waals surface area contributed by atoms with Gasteiger partial charge in [-0.05, 0) is 25.1 Å². The molecule has 0 bridgehead atoms. The number of benzene rings is 1. The zero-order valence-corrected chi connectivity index (χ0v) is 15.5. The molecule has 29 heavy (non-hydrogen) atoms. The Morgan fingerprint density at radius 2 is 2.24 bits per heavy atom. The molecule has 8 heteroatoms. The number of aliphatic hydroxyl groups is 1. The van der Waals surface area contributed by atoms with E-state index in [1.54, 1.807) is 29.0 Å². The van der Waals surface area contributed by atoms with E-state index in [2.05, 4.69) is 21.8 Å². The third kappa shape index (κ3) is 3.56. The fraction of sp³-hybridized carbons (Fsp3) is 0.190. The molecule has 1 amide bonds. The van der Waals surface area contributed by atoms with Crippen LogP contribution in [0.4, 0.5) is 4.39 Å². The summed E-state index contributed by atoms with van der Waals surface area (Å²) in [6, 6.07) is 7.80. The number of imidazole rings is 1. The third-order valence-electron chi connectivity index (χ3n) is 4.53. The molecule has 0 saturated carbocycles. The minimum atomic E-state index is -1.56. The molecule has 0 fully saturated rings. The van der Waals surface area contributed by atoms with E-state index in [-0.39, 0.29) is 17.9 Å². The van der Waals surface area contributed by atoms with Crippen molar-refractivity contribution in [3.05, 3.63) is 65.5 Å². The van der Waals surface area contributed by atoms with Gasteiger partial charge in [-0.15, -0.1) is 0 Å². The summed E-state index contributed by atoms with van der Waals surface area (Å²) >= 11 is 0. The maximum atomic E-state index is 14.6. The van der Waals surface area contributed by atoms with Gasteiger partial charge in [0.05, 0.1) is 23.4 Å². The number of nitrogens with zero attached hydrogens (tertiary/aromatic N) is 3. The van der Waals surface area contributed by atoms with Crippen LogP contribution in [-0.4, -0.2) is 32.2 Å². The van der Waals surface area contributed by atoms with Crippen molar-refractivity contribution in [2.24, 2.45) is 5.73 Å². The maximum Gasteiger partial charge on any atom is 0.268 e. The standard InChI is InChI=1S/C21H17FN4O3/c1-21(28,18-4-2-3-7-24-18)6-5-13-10-14-17(11-15(13)22)29-9-8-26-12-16(19(23)27)25-20(14)26/h2-4,7,10-12,28H,8-9H2,1H3,(H2,23,27). The summed E-state index contributed by atoms with van der Waals surface area (Å²) in [4.78, 5) is 19.8. The van der Waals surface area contributed by atoms with E-state index in [0.29, 0.717) is 29.4 Å². The Kier molecular flexibility index (Phi) is 4.53. The number of hydrogen-bond donors (Lipinski definition) is 2. The van der Waals surface area contributed by atoms with E-state index >= 15 is 0 Å². The van der Waals surface area contributed by atoms with Crippen molar-refractivity contribution in [2.45, 2.75) is 19.1 Å². The Morgan fingerprint density at radius 1 is 1.41 bits per heavy atom. The predicted molar refractivity (Wildman–Crippen MR) is 102 cm³/mol. The van der Waals surface area contributed by atoms with Crippen LogP contribution in [0.3, 0.4) is 0 Å². The van der Waals surface area contributed by atoms with Crippen molar-refractivity contribution >= 4 is 5.91 Å². The summed E-state index contributed by atoms with van der Waals surface area (Å²) < 4.78 is 22.0. The lowest BCUT2D eigenvalue weighted by atomic mass is 10.0. The number of carbonyl (C=O) groups is 1. The van der Waals surface area contributed by atoms with Crippen molar-refractivity contribution in [3.8, 4) is 29.0 Å². The van der Waals surface area contributed by atoms with Gasteiger partial charge in [0, 0.05) is 18.5 Å². The second kappa shape index (κ2) is 7.04. The molecule has 7 nitrogen and oxygen atoms in total. The monoisotopic (exact) mass is 392 g/mol. The van der Waals surface area contributed by atoms with Gasteiger partial charge in [-0.2, -0.15) is 0 Å². The van der Waals surface area contributed by atoms with Crippen LogP contribution in [0.1, 0.15) is 28.7 Å². The van der Waals surface area contributed by atoms with Crippen LogP contribution in [0.15, 0.2) is 42.7 Å². The summed E-state index contributed by atoms with van der Waals surface area (Å²) in [6.07, 6.45) is 3.08. The van der Waals surface area contributed by atoms with Gasteiger partial charge in [0.1, 0.15) is 29.7 Å².